The van der Waals surface area contributed by atoms with Crippen molar-refractivity contribution >= 4 is 11.3 Å². The number of hydrogen-bond acceptors (Lipinski definition) is 5. The number of halogens is 1. The third kappa shape index (κ3) is 5.37. The van der Waals surface area contributed by atoms with Crippen LogP contribution in [0.5, 0.6) is 0 Å². The Labute approximate surface area is 177 Å². The zero-order valence-electron chi connectivity index (χ0n) is 16.4. The lowest BCUT2D eigenvalue weighted by atomic mass is 9.88. The lowest BCUT2D eigenvalue weighted by Gasteiger charge is -2.31. The molecule has 1 fully saturated rings. The standard InChI is InChI=1S/C21H24FN5O2S/c22-19-11-16(13-23-30(28)29)10-18(12-19)17-6-8-26(9-7-17)14-20-15-27(25-24-20)21-4-2-1-3-5-21/h1-5,10-12,15,17,23H,6-9,13-14H2,(H,28,29)/p-1. The number of piperidine rings is 1. The molecule has 30 heavy (non-hydrogen) atoms. The van der Waals surface area contributed by atoms with E-state index < -0.39 is 11.3 Å². The first-order valence-electron chi connectivity index (χ1n) is 9.88. The summed E-state index contributed by atoms with van der Waals surface area (Å²) in [6.07, 6.45) is 3.78. The average molecular weight is 429 g/mol. The average Bonchev–Trinajstić information content (AvgIpc) is 3.21. The molecule has 0 saturated carbocycles. The Balaban J connectivity index is 1.34. The van der Waals surface area contributed by atoms with Gasteiger partial charge in [-0.2, -0.15) is 0 Å². The summed E-state index contributed by atoms with van der Waals surface area (Å²) in [5.74, 6) is -0.0746. The summed E-state index contributed by atoms with van der Waals surface area (Å²) in [6, 6.07) is 14.7. The molecule has 0 radical (unpaired) electrons. The van der Waals surface area contributed by atoms with E-state index in [-0.39, 0.29) is 18.3 Å². The summed E-state index contributed by atoms with van der Waals surface area (Å²) in [4.78, 5) is 2.33. The third-order valence-electron chi connectivity index (χ3n) is 5.38. The molecule has 1 saturated heterocycles. The lowest BCUT2D eigenvalue weighted by molar-refractivity contribution is 0.202. The minimum Gasteiger partial charge on any atom is -0.760 e. The van der Waals surface area contributed by atoms with E-state index in [0.717, 1.165) is 49.4 Å². The first-order valence-corrected chi connectivity index (χ1v) is 11.0. The topological polar surface area (TPSA) is 86.1 Å². The minimum atomic E-state index is -2.36. The fourth-order valence-corrected chi connectivity index (χ4v) is 4.17. The van der Waals surface area contributed by atoms with E-state index in [1.54, 1.807) is 10.7 Å². The van der Waals surface area contributed by atoms with Crippen LogP contribution in [0.4, 0.5) is 4.39 Å². The van der Waals surface area contributed by atoms with E-state index in [9.17, 15) is 13.2 Å². The predicted octanol–water partition coefficient (Wildman–Crippen LogP) is 2.67. The quantitative estimate of drug-likeness (QED) is 0.585. The molecule has 2 heterocycles. The van der Waals surface area contributed by atoms with Crippen molar-refractivity contribution in [2.24, 2.45) is 0 Å². The minimum absolute atomic E-state index is 0.0940. The second kappa shape index (κ2) is 9.57. The van der Waals surface area contributed by atoms with Gasteiger partial charge in [0.2, 0.25) is 0 Å². The molecule has 1 aliphatic rings. The molecule has 1 aromatic heterocycles. The number of likely N-dealkylation sites (tertiary alicyclic amines) is 1. The number of nitrogens with one attached hydrogen (secondary N) is 1. The number of aromatic nitrogens is 3. The zero-order valence-corrected chi connectivity index (χ0v) is 17.2. The van der Waals surface area contributed by atoms with E-state index >= 15 is 0 Å². The van der Waals surface area contributed by atoms with Gasteiger partial charge in [-0.05, 0) is 67.2 Å². The van der Waals surface area contributed by atoms with Gasteiger partial charge in [-0.3, -0.25) is 9.11 Å². The Morgan fingerprint density at radius 3 is 2.67 bits per heavy atom. The monoisotopic (exact) mass is 428 g/mol. The van der Waals surface area contributed by atoms with Crippen LogP contribution in [-0.4, -0.2) is 41.7 Å². The van der Waals surface area contributed by atoms with Crippen molar-refractivity contribution < 1.29 is 13.2 Å². The van der Waals surface area contributed by atoms with Crippen LogP contribution in [0.2, 0.25) is 0 Å². The molecular formula is C21H23FN5O2S-. The van der Waals surface area contributed by atoms with Crippen LogP contribution in [0.3, 0.4) is 0 Å². The van der Waals surface area contributed by atoms with Gasteiger partial charge in [-0.25, -0.2) is 13.8 Å². The van der Waals surface area contributed by atoms with Gasteiger partial charge in [-0.1, -0.05) is 29.5 Å². The van der Waals surface area contributed by atoms with Gasteiger partial charge in [0.25, 0.3) is 0 Å². The summed E-state index contributed by atoms with van der Waals surface area (Å²) < 4.78 is 39.5. The van der Waals surface area contributed by atoms with Crippen molar-refractivity contribution in [3.8, 4) is 5.69 Å². The van der Waals surface area contributed by atoms with Gasteiger partial charge in [-0.15, -0.1) is 5.10 Å². The van der Waals surface area contributed by atoms with Gasteiger partial charge in [0.1, 0.15) is 5.82 Å². The second-order valence-corrected chi connectivity index (χ2v) is 8.25. The first kappa shape index (κ1) is 20.8. The van der Waals surface area contributed by atoms with Crippen LogP contribution in [0.1, 0.15) is 35.6 Å². The highest BCUT2D eigenvalue weighted by Crippen LogP contribution is 2.30. The van der Waals surface area contributed by atoms with Gasteiger partial charge in [0, 0.05) is 24.4 Å². The molecule has 0 bridgehead atoms. The van der Waals surface area contributed by atoms with Crippen LogP contribution in [0.15, 0.2) is 54.7 Å². The fraction of sp³-hybridized carbons (Fsp3) is 0.333. The molecule has 0 aliphatic carbocycles. The van der Waals surface area contributed by atoms with Crippen LogP contribution in [0, 0.1) is 5.82 Å². The number of benzene rings is 2. The van der Waals surface area contributed by atoms with Crippen LogP contribution < -0.4 is 4.72 Å². The van der Waals surface area contributed by atoms with Crippen molar-refractivity contribution in [1.29, 1.82) is 0 Å². The summed E-state index contributed by atoms with van der Waals surface area (Å²) in [7, 11) is 0. The van der Waals surface area contributed by atoms with Crippen LogP contribution in [-0.2, 0) is 24.4 Å². The highest BCUT2D eigenvalue weighted by atomic mass is 32.2. The van der Waals surface area contributed by atoms with E-state index in [1.807, 2.05) is 42.6 Å². The van der Waals surface area contributed by atoms with Gasteiger partial charge < -0.3 is 4.55 Å². The van der Waals surface area contributed by atoms with Crippen LogP contribution >= 0.6 is 0 Å². The predicted molar refractivity (Wildman–Crippen MR) is 111 cm³/mol. The summed E-state index contributed by atoms with van der Waals surface area (Å²) in [5, 5.41) is 8.50. The highest BCUT2D eigenvalue weighted by molar-refractivity contribution is 7.77. The van der Waals surface area contributed by atoms with E-state index in [0.29, 0.717) is 5.56 Å². The fourth-order valence-electron chi connectivity index (χ4n) is 3.89. The second-order valence-electron chi connectivity index (χ2n) is 7.49. The molecule has 3 aromatic rings. The Hall–Kier alpha value is -2.46. The maximum atomic E-state index is 14.0. The van der Waals surface area contributed by atoms with Crippen molar-refractivity contribution in [3.05, 3.63) is 77.4 Å². The van der Waals surface area contributed by atoms with Gasteiger partial charge in [0.15, 0.2) is 0 Å². The van der Waals surface area contributed by atoms with Crippen molar-refractivity contribution in [2.75, 3.05) is 13.1 Å². The molecule has 1 unspecified atom stereocenters. The maximum absolute atomic E-state index is 14.0. The van der Waals surface area contributed by atoms with Gasteiger partial charge in [0.05, 0.1) is 17.6 Å². The van der Waals surface area contributed by atoms with Crippen LogP contribution in [0.25, 0.3) is 5.69 Å². The summed E-state index contributed by atoms with van der Waals surface area (Å²) in [5.41, 5.74) is 3.46. The molecule has 0 amide bonds. The summed E-state index contributed by atoms with van der Waals surface area (Å²) in [6.45, 7) is 2.60. The normalized spacial score (nSPS) is 16.6. The Kier molecular flexibility index (Phi) is 6.63. The Bertz CT molecular complexity index is 1010. The van der Waals surface area contributed by atoms with Crippen molar-refractivity contribution in [2.45, 2.75) is 31.8 Å². The molecule has 2 aromatic carbocycles. The molecule has 1 atom stereocenters. The number of hydrogen-bond donors (Lipinski definition) is 1. The van der Waals surface area contributed by atoms with E-state index in [4.69, 9.17) is 0 Å². The van der Waals surface area contributed by atoms with Crippen molar-refractivity contribution in [3.63, 3.8) is 0 Å². The van der Waals surface area contributed by atoms with E-state index in [2.05, 4.69) is 19.9 Å². The highest BCUT2D eigenvalue weighted by Gasteiger charge is 2.22. The molecule has 9 heteroatoms. The lowest BCUT2D eigenvalue weighted by Crippen LogP contribution is -2.32. The maximum Gasteiger partial charge on any atom is 0.123 e. The number of para-hydroxylation sites is 1. The smallest absolute Gasteiger partial charge is 0.123 e. The van der Waals surface area contributed by atoms with Crippen molar-refractivity contribution in [1.82, 2.24) is 24.6 Å². The molecule has 1 aliphatic heterocycles. The summed E-state index contributed by atoms with van der Waals surface area (Å²) >= 11 is -2.36. The van der Waals surface area contributed by atoms with E-state index in [1.165, 1.54) is 6.07 Å². The SMILES string of the molecule is O=S([O-])NCc1cc(F)cc(C2CCN(Cc3cn(-c4ccccc4)nn3)CC2)c1. The Morgan fingerprint density at radius 1 is 1.17 bits per heavy atom. The molecule has 0 spiro atoms. The molecule has 1 N–H and O–H groups in total. The first-order chi connectivity index (χ1) is 14.6. The Morgan fingerprint density at radius 2 is 1.93 bits per heavy atom. The molecule has 7 nitrogen and oxygen atoms in total. The third-order valence-corrected chi connectivity index (χ3v) is 5.76. The molecule has 4 rings (SSSR count). The van der Waals surface area contributed by atoms with Gasteiger partial charge >= 0.3 is 0 Å². The number of nitrogens with zero attached hydrogens (tertiary/aromatic N) is 4. The molecule has 158 valence electrons. The molecular weight excluding hydrogens is 405 g/mol. The zero-order chi connectivity index (χ0) is 20.9. The largest absolute Gasteiger partial charge is 0.760 e. The number of rotatable bonds is 7.